The highest BCUT2D eigenvalue weighted by Crippen LogP contribution is 2.14. The Morgan fingerprint density at radius 3 is 2.58 bits per heavy atom. The van der Waals surface area contributed by atoms with E-state index in [-0.39, 0.29) is 22.6 Å². The molecule has 1 aromatic carbocycles. The first kappa shape index (κ1) is 18.8. The second-order valence-electron chi connectivity index (χ2n) is 6.79. The van der Waals surface area contributed by atoms with Gasteiger partial charge in [-0.3, -0.25) is 14.5 Å². The fourth-order valence-electron chi connectivity index (χ4n) is 3.27. The zero-order valence-electron chi connectivity index (χ0n) is 14.9. The van der Waals surface area contributed by atoms with Crippen LogP contribution in [0, 0.1) is 12.7 Å². The van der Waals surface area contributed by atoms with Crippen LogP contribution < -0.4 is 10.2 Å². The van der Waals surface area contributed by atoms with Crippen molar-refractivity contribution in [3.63, 3.8) is 0 Å². The lowest BCUT2D eigenvalue weighted by Crippen LogP contribution is -2.44. The van der Waals surface area contributed by atoms with Gasteiger partial charge >= 0.3 is 4.87 Å². The van der Waals surface area contributed by atoms with E-state index in [0.29, 0.717) is 13.0 Å². The van der Waals surface area contributed by atoms with Crippen molar-refractivity contribution in [1.82, 2.24) is 14.8 Å². The van der Waals surface area contributed by atoms with Crippen LogP contribution in [0.3, 0.4) is 0 Å². The summed E-state index contributed by atoms with van der Waals surface area (Å²) < 4.78 is 14.6. The van der Waals surface area contributed by atoms with Crippen molar-refractivity contribution in [3.8, 4) is 0 Å². The number of nitrogens with one attached hydrogen (secondary N) is 1. The Hall–Kier alpha value is -1.99. The largest absolute Gasteiger partial charge is 0.353 e. The molecule has 2 heterocycles. The summed E-state index contributed by atoms with van der Waals surface area (Å²) in [7, 11) is 0. The number of hydrogen-bond donors (Lipinski definition) is 1. The minimum atomic E-state index is -0.213. The molecule has 2 aromatic rings. The van der Waals surface area contributed by atoms with Gasteiger partial charge in [-0.1, -0.05) is 23.5 Å². The number of thiazole rings is 1. The molecule has 0 aliphatic carbocycles. The molecule has 0 bridgehead atoms. The second-order valence-corrected chi connectivity index (χ2v) is 7.61. The quantitative estimate of drug-likeness (QED) is 0.842. The van der Waals surface area contributed by atoms with Crippen LogP contribution in [0.2, 0.25) is 0 Å². The number of carbonyl (C=O) groups is 1. The van der Waals surface area contributed by atoms with E-state index in [1.807, 2.05) is 24.4 Å². The van der Waals surface area contributed by atoms with Crippen LogP contribution in [0.4, 0.5) is 4.39 Å². The highest BCUT2D eigenvalue weighted by atomic mass is 32.1. The van der Waals surface area contributed by atoms with Crippen molar-refractivity contribution in [2.24, 2.45) is 0 Å². The second kappa shape index (κ2) is 8.60. The summed E-state index contributed by atoms with van der Waals surface area (Å²) in [4.78, 5) is 26.1. The number of benzene rings is 1. The normalized spacial score (nSPS) is 15.9. The van der Waals surface area contributed by atoms with Gasteiger partial charge in [0, 0.05) is 49.7 Å². The molecule has 0 unspecified atom stereocenters. The number of halogens is 1. The van der Waals surface area contributed by atoms with E-state index in [1.165, 1.54) is 23.5 Å². The van der Waals surface area contributed by atoms with E-state index in [9.17, 15) is 14.0 Å². The maximum absolute atomic E-state index is 13.0. The first-order valence-electron chi connectivity index (χ1n) is 8.92. The molecule has 1 aromatic heterocycles. The Labute approximate surface area is 156 Å². The number of likely N-dealkylation sites (tertiary alicyclic amines) is 1. The van der Waals surface area contributed by atoms with Crippen LogP contribution >= 0.6 is 11.3 Å². The molecule has 1 amide bonds. The van der Waals surface area contributed by atoms with E-state index in [4.69, 9.17) is 0 Å². The number of amides is 1. The third-order valence-corrected chi connectivity index (χ3v) is 5.69. The van der Waals surface area contributed by atoms with Crippen LogP contribution in [0.1, 0.15) is 30.5 Å². The van der Waals surface area contributed by atoms with Gasteiger partial charge in [0.2, 0.25) is 5.91 Å². The molecule has 1 fully saturated rings. The maximum Gasteiger partial charge on any atom is 0.307 e. The smallest absolute Gasteiger partial charge is 0.307 e. The molecule has 5 nitrogen and oxygen atoms in total. The first-order chi connectivity index (χ1) is 12.5. The van der Waals surface area contributed by atoms with Crippen LogP contribution in [-0.2, 0) is 17.9 Å². The summed E-state index contributed by atoms with van der Waals surface area (Å²) in [5.74, 6) is -0.213. The van der Waals surface area contributed by atoms with Crippen LogP contribution in [0.25, 0.3) is 0 Å². The van der Waals surface area contributed by atoms with Gasteiger partial charge in [-0.2, -0.15) is 0 Å². The highest BCUT2D eigenvalue weighted by Gasteiger charge is 2.20. The predicted molar refractivity (Wildman–Crippen MR) is 101 cm³/mol. The third-order valence-electron chi connectivity index (χ3n) is 4.81. The lowest BCUT2D eigenvalue weighted by Gasteiger charge is -2.32. The number of piperidine rings is 1. The fraction of sp³-hybridized carbons (Fsp3) is 0.474. The summed E-state index contributed by atoms with van der Waals surface area (Å²) in [6.07, 6.45) is 2.14. The minimum Gasteiger partial charge on any atom is -0.353 e. The molecule has 1 aliphatic rings. The Kier molecular flexibility index (Phi) is 6.21. The fourth-order valence-corrected chi connectivity index (χ4v) is 4.03. The Balaban J connectivity index is 1.40. The molecule has 0 atom stereocenters. The van der Waals surface area contributed by atoms with Gasteiger partial charge < -0.3 is 9.88 Å². The first-order valence-corrected chi connectivity index (χ1v) is 9.80. The number of hydrogen-bond acceptors (Lipinski definition) is 4. The van der Waals surface area contributed by atoms with Gasteiger partial charge in [-0.05, 0) is 37.5 Å². The van der Waals surface area contributed by atoms with Crippen molar-refractivity contribution in [3.05, 3.63) is 56.4 Å². The monoisotopic (exact) mass is 377 g/mol. The minimum absolute atomic E-state index is 0.000477. The van der Waals surface area contributed by atoms with Gasteiger partial charge in [0.05, 0.1) is 0 Å². The van der Waals surface area contributed by atoms with Crippen LogP contribution in [0.15, 0.2) is 34.4 Å². The number of aryl methyl sites for hydroxylation is 1. The van der Waals surface area contributed by atoms with E-state index in [0.717, 1.165) is 43.7 Å². The Morgan fingerprint density at radius 2 is 1.96 bits per heavy atom. The molecule has 7 heteroatoms. The van der Waals surface area contributed by atoms with E-state index in [2.05, 4.69) is 10.2 Å². The SMILES string of the molecule is Cc1csc(=O)n1CCC(=O)NC1CCN(Cc2ccc(F)cc2)CC1. The number of carbonyl (C=O) groups excluding carboxylic acids is 1. The van der Waals surface area contributed by atoms with Crippen molar-refractivity contribution in [1.29, 1.82) is 0 Å². The standard InChI is InChI=1S/C19H24FN3O2S/c1-14-13-26-19(25)23(14)11-8-18(24)21-17-6-9-22(10-7-17)12-15-2-4-16(20)5-3-15/h2-5,13,17H,6-12H2,1H3,(H,21,24). The Bertz CT molecular complexity index is 792. The molecular weight excluding hydrogens is 353 g/mol. The van der Waals surface area contributed by atoms with Crippen molar-refractivity contribution in [2.75, 3.05) is 13.1 Å². The van der Waals surface area contributed by atoms with Crippen LogP contribution in [0.5, 0.6) is 0 Å². The number of nitrogens with zero attached hydrogens (tertiary/aromatic N) is 2. The lowest BCUT2D eigenvalue weighted by molar-refractivity contribution is -0.122. The zero-order chi connectivity index (χ0) is 18.5. The summed E-state index contributed by atoms with van der Waals surface area (Å²) in [5, 5.41) is 4.90. The van der Waals surface area contributed by atoms with E-state index >= 15 is 0 Å². The van der Waals surface area contributed by atoms with Crippen LogP contribution in [-0.4, -0.2) is 34.5 Å². The summed E-state index contributed by atoms with van der Waals surface area (Å²) in [5.41, 5.74) is 2.01. The van der Waals surface area contributed by atoms with Gasteiger partial charge in [-0.15, -0.1) is 0 Å². The van der Waals surface area contributed by atoms with E-state index in [1.54, 1.807) is 4.57 Å². The Morgan fingerprint density at radius 1 is 1.27 bits per heavy atom. The molecule has 1 aliphatic heterocycles. The molecule has 0 spiro atoms. The molecule has 0 radical (unpaired) electrons. The average Bonchev–Trinajstić information content (AvgIpc) is 2.95. The number of rotatable bonds is 6. The maximum atomic E-state index is 13.0. The summed E-state index contributed by atoms with van der Waals surface area (Å²) in [6, 6.07) is 6.80. The van der Waals surface area contributed by atoms with Gasteiger partial charge in [-0.25, -0.2) is 4.39 Å². The molecule has 1 N–H and O–H groups in total. The van der Waals surface area contributed by atoms with Gasteiger partial charge in [0.15, 0.2) is 0 Å². The topological polar surface area (TPSA) is 54.3 Å². The lowest BCUT2D eigenvalue weighted by atomic mass is 10.0. The van der Waals surface area contributed by atoms with Crippen molar-refractivity contribution >= 4 is 17.2 Å². The zero-order valence-corrected chi connectivity index (χ0v) is 15.7. The summed E-state index contributed by atoms with van der Waals surface area (Å²) in [6.45, 7) is 4.94. The average molecular weight is 377 g/mol. The molecule has 26 heavy (non-hydrogen) atoms. The number of aromatic nitrogens is 1. The summed E-state index contributed by atoms with van der Waals surface area (Å²) >= 11 is 1.17. The molecule has 1 saturated heterocycles. The molecular formula is C19H24FN3O2S. The van der Waals surface area contributed by atoms with Gasteiger partial charge in [0.1, 0.15) is 5.82 Å². The van der Waals surface area contributed by atoms with Gasteiger partial charge in [0.25, 0.3) is 0 Å². The van der Waals surface area contributed by atoms with Crippen molar-refractivity contribution < 1.29 is 9.18 Å². The molecule has 140 valence electrons. The third kappa shape index (κ3) is 5.02. The molecule has 0 saturated carbocycles. The van der Waals surface area contributed by atoms with E-state index < -0.39 is 0 Å². The predicted octanol–water partition coefficient (Wildman–Crippen LogP) is 2.53. The highest BCUT2D eigenvalue weighted by molar-refractivity contribution is 7.07. The molecule has 3 rings (SSSR count). The van der Waals surface area contributed by atoms with Crippen molar-refractivity contribution in [2.45, 2.75) is 45.3 Å².